The number of rotatable bonds is 8. The topological polar surface area (TPSA) is 64.8 Å². The number of carbonyl (C=O) groups is 1. The molecule has 2 N–H and O–H groups in total. The van der Waals surface area contributed by atoms with Gasteiger partial charge in [0.05, 0.1) is 12.5 Å². The summed E-state index contributed by atoms with van der Waals surface area (Å²) >= 11 is 0. The smallest absolute Gasteiger partial charge is 0.313 e. The van der Waals surface area contributed by atoms with E-state index in [9.17, 15) is 4.79 Å². The van der Waals surface area contributed by atoms with Crippen molar-refractivity contribution in [3.63, 3.8) is 0 Å². The van der Waals surface area contributed by atoms with Crippen LogP contribution in [0.5, 0.6) is 0 Å². The van der Waals surface area contributed by atoms with Crippen molar-refractivity contribution in [2.75, 3.05) is 26.3 Å². The number of fused-ring (bicyclic) bond motifs is 1. The van der Waals surface area contributed by atoms with Crippen LogP contribution in [0.4, 0.5) is 0 Å². The number of carbonyl (C=O) groups excluding carboxylic acids is 1. The first-order valence-corrected chi connectivity index (χ1v) is 15.8. The Morgan fingerprint density at radius 3 is 2.53 bits per heavy atom. The predicted molar refractivity (Wildman–Crippen MR) is 142 cm³/mol. The number of likely N-dealkylation sites (tertiary alicyclic amines) is 1. The third kappa shape index (κ3) is 5.67. The maximum Gasteiger partial charge on any atom is 0.313 e. The van der Waals surface area contributed by atoms with Gasteiger partial charge in [-0.2, -0.15) is 0 Å². The number of nitrogens with zero attached hydrogens (tertiary/aromatic N) is 1. The van der Waals surface area contributed by atoms with E-state index in [0.29, 0.717) is 13.2 Å². The highest BCUT2D eigenvalue weighted by Gasteiger charge is 2.54. The van der Waals surface area contributed by atoms with Crippen LogP contribution in [0, 0.1) is 17.3 Å². The number of nitrogens with two attached hydrogens (primary N) is 1. The molecule has 1 aromatic carbocycles. The first-order valence-electron chi connectivity index (χ1n) is 12.9. The Labute approximate surface area is 208 Å². The van der Waals surface area contributed by atoms with Crippen LogP contribution in [-0.2, 0) is 20.5 Å². The van der Waals surface area contributed by atoms with Gasteiger partial charge in [0.1, 0.15) is 0 Å². The standard InChI is InChI=1S/C28H46N2O3Si/c1-8-32-26(31)23-18-21(2)25(29)28(15-17-33-34(6,7)27(3,4)5)20-30(16-14-24(23)28)19-22-12-10-9-11-13-22/h9-13,18,23-25H,8,14-17,19-20,29H2,1-7H3/t23?,24-,25+,28-/m0/s1. The second kappa shape index (κ2) is 10.6. The van der Waals surface area contributed by atoms with Crippen molar-refractivity contribution in [3.05, 3.63) is 47.5 Å². The number of esters is 1. The number of hydrogen-bond acceptors (Lipinski definition) is 5. The fourth-order valence-electron chi connectivity index (χ4n) is 5.62. The van der Waals surface area contributed by atoms with E-state index in [0.717, 1.165) is 38.0 Å². The Morgan fingerprint density at radius 1 is 1.24 bits per heavy atom. The third-order valence-electron chi connectivity index (χ3n) is 8.64. The van der Waals surface area contributed by atoms with E-state index in [2.05, 4.69) is 82.1 Å². The van der Waals surface area contributed by atoms with Gasteiger partial charge in [-0.1, -0.05) is 62.8 Å². The van der Waals surface area contributed by atoms with Crippen LogP contribution < -0.4 is 5.73 Å². The second-order valence-electron chi connectivity index (χ2n) is 11.8. The van der Waals surface area contributed by atoms with Crippen molar-refractivity contribution in [3.8, 4) is 0 Å². The van der Waals surface area contributed by atoms with Gasteiger partial charge >= 0.3 is 5.97 Å². The molecule has 0 spiro atoms. The van der Waals surface area contributed by atoms with Crippen LogP contribution in [0.25, 0.3) is 0 Å². The number of ether oxygens (including phenoxy) is 1. The van der Waals surface area contributed by atoms with E-state index in [-0.39, 0.29) is 34.3 Å². The third-order valence-corrected chi connectivity index (χ3v) is 13.2. The summed E-state index contributed by atoms with van der Waals surface area (Å²) in [7, 11) is -1.88. The minimum atomic E-state index is -1.88. The van der Waals surface area contributed by atoms with Crippen molar-refractivity contribution in [1.82, 2.24) is 4.90 Å². The van der Waals surface area contributed by atoms with Gasteiger partial charge in [-0.3, -0.25) is 9.69 Å². The first-order chi connectivity index (χ1) is 15.9. The molecular formula is C28H46N2O3Si. The zero-order valence-corrected chi connectivity index (χ0v) is 23.4. The molecule has 34 heavy (non-hydrogen) atoms. The van der Waals surface area contributed by atoms with E-state index in [1.165, 1.54) is 5.56 Å². The Bertz CT molecular complexity index is 864. The maximum absolute atomic E-state index is 13.0. The Kier molecular flexibility index (Phi) is 8.49. The first kappa shape index (κ1) is 27.1. The lowest BCUT2D eigenvalue weighted by Crippen LogP contribution is -2.62. The highest BCUT2D eigenvalue weighted by molar-refractivity contribution is 6.74. The quantitative estimate of drug-likeness (QED) is 0.304. The predicted octanol–water partition coefficient (Wildman–Crippen LogP) is 5.37. The zero-order valence-electron chi connectivity index (χ0n) is 22.4. The summed E-state index contributed by atoms with van der Waals surface area (Å²) in [4.78, 5) is 15.6. The molecule has 3 rings (SSSR count). The average molecular weight is 487 g/mol. The highest BCUT2D eigenvalue weighted by Crippen LogP contribution is 2.51. The van der Waals surface area contributed by atoms with E-state index in [1.807, 2.05) is 6.92 Å². The van der Waals surface area contributed by atoms with E-state index < -0.39 is 8.32 Å². The van der Waals surface area contributed by atoms with Crippen LogP contribution in [0.2, 0.25) is 18.1 Å². The van der Waals surface area contributed by atoms with Crippen LogP contribution >= 0.6 is 0 Å². The van der Waals surface area contributed by atoms with Gasteiger partial charge in [0.15, 0.2) is 8.32 Å². The molecule has 1 fully saturated rings. The van der Waals surface area contributed by atoms with Gasteiger partial charge in [0, 0.05) is 31.2 Å². The second-order valence-corrected chi connectivity index (χ2v) is 16.7. The molecule has 4 atom stereocenters. The zero-order chi connectivity index (χ0) is 25.1. The van der Waals surface area contributed by atoms with Crippen molar-refractivity contribution in [2.45, 2.75) is 78.2 Å². The van der Waals surface area contributed by atoms with Crippen molar-refractivity contribution in [2.24, 2.45) is 23.0 Å². The summed E-state index contributed by atoms with van der Waals surface area (Å²) in [6.07, 6.45) is 3.89. The van der Waals surface area contributed by atoms with Crippen LogP contribution in [-0.4, -0.2) is 51.5 Å². The highest BCUT2D eigenvalue weighted by atomic mass is 28.4. The lowest BCUT2D eigenvalue weighted by molar-refractivity contribution is -0.153. The van der Waals surface area contributed by atoms with Crippen LogP contribution in [0.3, 0.4) is 0 Å². The molecule has 1 aliphatic heterocycles. The number of piperidine rings is 1. The number of hydrogen-bond donors (Lipinski definition) is 1. The minimum absolute atomic E-state index is 0.0928. The van der Waals surface area contributed by atoms with Gasteiger partial charge < -0.3 is 14.9 Å². The molecule has 1 saturated heterocycles. The minimum Gasteiger partial charge on any atom is -0.466 e. The summed E-state index contributed by atoms with van der Waals surface area (Å²) < 4.78 is 12.2. The molecule has 190 valence electrons. The van der Waals surface area contributed by atoms with Crippen molar-refractivity contribution >= 4 is 14.3 Å². The van der Waals surface area contributed by atoms with E-state index in [1.54, 1.807) is 0 Å². The molecule has 1 unspecified atom stereocenters. The number of benzene rings is 1. The van der Waals surface area contributed by atoms with Gasteiger partial charge in [0.25, 0.3) is 0 Å². The van der Waals surface area contributed by atoms with Gasteiger partial charge in [0.2, 0.25) is 0 Å². The summed E-state index contributed by atoms with van der Waals surface area (Å²) in [5, 5.41) is 0.161. The van der Waals surface area contributed by atoms with Gasteiger partial charge in [-0.25, -0.2) is 0 Å². The molecule has 2 aliphatic rings. The monoisotopic (exact) mass is 486 g/mol. The molecular weight excluding hydrogens is 440 g/mol. The molecule has 1 aliphatic carbocycles. The summed E-state index contributed by atoms with van der Waals surface area (Å²) in [6.45, 7) is 19.2. The molecule has 1 aromatic rings. The molecule has 5 nitrogen and oxygen atoms in total. The molecule has 1 heterocycles. The van der Waals surface area contributed by atoms with E-state index >= 15 is 0 Å². The molecule has 0 amide bonds. The largest absolute Gasteiger partial charge is 0.466 e. The normalized spacial score (nSPS) is 28.2. The van der Waals surface area contributed by atoms with Gasteiger partial charge in [-0.05, 0) is 62.8 Å². The molecule has 0 saturated carbocycles. The molecule has 0 radical (unpaired) electrons. The lowest BCUT2D eigenvalue weighted by Gasteiger charge is -2.56. The Hall–Kier alpha value is -1.47. The summed E-state index contributed by atoms with van der Waals surface area (Å²) in [5.74, 6) is -0.170. The van der Waals surface area contributed by atoms with Crippen molar-refractivity contribution in [1.29, 1.82) is 0 Å². The molecule has 0 aromatic heterocycles. The summed E-state index contributed by atoms with van der Waals surface area (Å²) in [5.41, 5.74) is 9.20. The van der Waals surface area contributed by atoms with Crippen molar-refractivity contribution < 1.29 is 14.0 Å². The van der Waals surface area contributed by atoms with Crippen LogP contribution in [0.15, 0.2) is 42.0 Å². The fourth-order valence-corrected chi connectivity index (χ4v) is 6.67. The van der Waals surface area contributed by atoms with Gasteiger partial charge in [-0.15, -0.1) is 0 Å². The molecule has 6 heteroatoms. The SMILES string of the molecule is CCOC(=O)C1C=C(C)[C@@H](N)[C@@]2(CCO[Si](C)(C)C(C)(C)C)CN(Cc3ccccc3)CC[C@@H]12. The summed E-state index contributed by atoms with van der Waals surface area (Å²) in [6, 6.07) is 10.5. The molecule has 0 bridgehead atoms. The Morgan fingerprint density at radius 2 is 1.91 bits per heavy atom. The Balaban J connectivity index is 1.90. The maximum atomic E-state index is 13.0. The van der Waals surface area contributed by atoms with Crippen LogP contribution in [0.1, 0.15) is 53.0 Å². The fraction of sp³-hybridized carbons (Fsp3) is 0.679. The average Bonchev–Trinajstić information content (AvgIpc) is 2.76. The van der Waals surface area contributed by atoms with E-state index in [4.69, 9.17) is 14.9 Å². The lowest BCUT2D eigenvalue weighted by atomic mass is 9.56.